The molecule has 4 heteroatoms. The summed E-state index contributed by atoms with van der Waals surface area (Å²) >= 11 is 0. The highest BCUT2D eigenvalue weighted by Crippen LogP contribution is 2.57. The van der Waals surface area contributed by atoms with Crippen LogP contribution in [0, 0.1) is 28.7 Å². The van der Waals surface area contributed by atoms with Crippen molar-refractivity contribution in [1.29, 1.82) is 0 Å². The molecule has 2 fully saturated rings. The third kappa shape index (κ3) is 3.25. The lowest BCUT2D eigenvalue weighted by atomic mass is 9.56. The van der Waals surface area contributed by atoms with Gasteiger partial charge in [0.2, 0.25) is 0 Å². The Labute approximate surface area is 166 Å². The molecule has 2 aliphatic carbocycles. The number of aliphatic hydroxyl groups is 1. The van der Waals surface area contributed by atoms with Crippen molar-refractivity contribution in [2.24, 2.45) is 17.3 Å². The van der Waals surface area contributed by atoms with Crippen LogP contribution in [0.1, 0.15) is 81.1 Å². The highest BCUT2D eigenvalue weighted by Gasteiger charge is 2.64. The highest BCUT2D eigenvalue weighted by atomic mass is 28.3. The summed E-state index contributed by atoms with van der Waals surface area (Å²) in [6.45, 7) is 17.1. The van der Waals surface area contributed by atoms with Gasteiger partial charge in [-0.1, -0.05) is 41.5 Å². The van der Waals surface area contributed by atoms with Gasteiger partial charge in [0, 0.05) is 12.3 Å². The molecule has 2 rings (SSSR count). The molecule has 1 N–H and O–H groups in total. The van der Waals surface area contributed by atoms with E-state index in [1.54, 1.807) is 6.92 Å². The molecule has 2 saturated carbocycles. The van der Waals surface area contributed by atoms with Crippen LogP contribution < -0.4 is 0 Å². The Morgan fingerprint density at radius 1 is 1.11 bits per heavy atom. The number of Topliss-reactive ketones (excluding diaryl/α,β-unsaturated/α-hetero) is 2. The average molecular weight is 391 g/mol. The average Bonchev–Trinajstić information content (AvgIpc) is 2.77. The summed E-state index contributed by atoms with van der Waals surface area (Å²) < 4.78 is 0. The third-order valence-corrected chi connectivity index (χ3v) is 14.3. The molecular formula is C23H38O3Si. The molecule has 0 aromatic heterocycles. The molecule has 2 aliphatic rings. The molecule has 0 aromatic carbocycles. The van der Waals surface area contributed by atoms with Crippen molar-refractivity contribution < 1.29 is 14.7 Å². The third-order valence-electron chi connectivity index (χ3n) is 7.95. The fourth-order valence-corrected chi connectivity index (χ4v) is 11.6. The van der Waals surface area contributed by atoms with Crippen LogP contribution in [0.4, 0.5) is 0 Å². The molecule has 4 atom stereocenters. The van der Waals surface area contributed by atoms with Crippen LogP contribution in [-0.2, 0) is 9.59 Å². The van der Waals surface area contributed by atoms with E-state index in [9.17, 15) is 14.7 Å². The molecule has 0 amide bonds. The molecule has 152 valence electrons. The van der Waals surface area contributed by atoms with Crippen LogP contribution >= 0.6 is 0 Å². The van der Waals surface area contributed by atoms with Gasteiger partial charge in [0.1, 0.15) is 19.6 Å². The van der Waals surface area contributed by atoms with Gasteiger partial charge in [-0.2, -0.15) is 0 Å². The quantitative estimate of drug-likeness (QED) is 0.547. The van der Waals surface area contributed by atoms with E-state index in [1.165, 1.54) is 0 Å². The van der Waals surface area contributed by atoms with Crippen molar-refractivity contribution in [3.8, 4) is 11.5 Å². The Hall–Kier alpha value is -0.923. The maximum Gasteiger partial charge on any atom is 0.145 e. The second-order valence-corrected chi connectivity index (χ2v) is 15.7. The first-order valence-corrected chi connectivity index (χ1v) is 12.9. The second kappa shape index (κ2) is 7.48. The zero-order chi connectivity index (χ0) is 20.8. The first-order valence-electron chi connectivity index (χ1n) is 10.6. The van der Waals surface area contributed by atoms with Gasteiger partial charge >= 0.3 is 0 Å². The number of hydrogen-bond donors (Lipinski definition) is 1. The van der Waals surface area contributed by atoms with Gasteiger partial charge < -0.3 is 5.11 Å². The van der Waals surface area contributed by atoms with Crippen molar-refractivity contribution >= 4 is 19.6 Å². The smallest absolute Gasteiger partial charge is 0.145 e. The van der Waals surface area contributed by atoms with Gasteiger partial charge in [-0.3, -0.25) is 9.59 Å². The molecule has 0 unspecified atom stereocenters. The molecular weight excluding hydrogens is 352 g/mol. The number of hydrogen-bond acceptors (Lipinski definition) is 3. The maximum absolute atomic E-state index is 12.6. The summed E-state index contributed by atoms with van der Waals surface area (Å²) in [6, 6.07) is 0. The highest BCUT2D eigenvalue weighted by molar-refractivity contribution is 6.90. The summed E-state index contributed by atoms with van der Waals surface area (Å²) in [7, 11) is -1.89. The standard InChI is InChI=1S/C23H38O3Si/c1-15(2)27(16(3)4,17(5)6)14-11-19-9-12-22(8)20(25)10-13-23(22,26)21(19)18(7)24/h15-17,19,21,26H,9-10,12-13H2,1-8H3/t19-,21-,22+,23-/m1/s1. The number of carbonyl (C=O) groups is 2. The first-order chi connectivity index (χ1) is 12.3. The lowest BCUT2D eigenvalue weighted by Gasteiger charge is -2.49. The van der Waals surface area contributed by atoms with Crippen LogP contribution in [0.5, 0.6) is 0 Å². The molecule has 0 radical (unpaired) electrons. The predicted octanol–water partition coefficient (Wildman–Crippen LogP) is 4.92. The van der Waals surface area contributed by atoms with Gasteiger partial charge in [-0.25, -0.2) is 0 Å². The zero-order valence-electron chi connectivity index (χ0n) is 18.5. The number of carbonyl (C=O) groups excluding carboxylic acids is 2. The summed E-state index contributed by atoms with van der Waals surface area (Å²) in [6.07, 6.45) is 2.12. The lowest BCUT2D eigenvalue weighted by molar-refractivity contribution is -0.164. The normalized spacial score (nSPS) is 34.0. The van der Waals surface area contributed by atoms with E-state index < -0.39 is 25.0 Å². The predicted molar refractivity (Wildman–Crippen MR) is 113 cm³/mol. The Bertz CT molecular complexity index is 647. The van der Waals surface area contributed by atoms with E-state index in [2.05, 4.69) is 53.0 Å². The summed E-state index contributed by atoms with van der Waals surface area (Å²) in [5.74, 6) is 2.92. The molecule has 0 heterocycles. The van der Waals surface area contributed by atoms with Crippen LogP contribution in [-0.4, -0.2) is 30.3 Å². The largest absolute Gasteiger partial charge is 0.388 e. The van der Waals surface area contributed by atoms with Crippen LogP contribution in [0.15, 0.2) is 0 Å². The van der Waals surface area contributed by atoms with Crippen molar-refractivity contribution in [3.05, 3.63) is 0 Å². The van der Waals surface area contributed by atoms with Crippen LogP contribution in [0.25, 0.3) is 0 Å². The Kier molecular flexibility index (Phi) is 6.20. The molecule has 0 saturated heterocycles. The topological polar surface area (TPSA) is 54.4 Å². The lowest BCUT2D eigenvalue weighted by Crippen LogP contribution is -2.58. The van der Waals surface area contributed by atoms with E-state index in [0.29, 0.717) is 35.9 Å². The minimum Gasteiger partial charge on any atom is -0.388 e. The van der Waals surface area contributed by atoms with Gasteiger partial charge in [0.25, 0.3) is 0 Å². The van der Waals surface area contributed by atoms with E-state index in [4.69, 9.17) is 0 Å². The van der Waals surface area contributed by atoms with E-state index in [0.717, 1.165) is 6.42 Å². The SMILES string of the molecule is CC(=O)[C@@H]1[C@@H](C#C[Si](C(C)C)(C(C)C)C(C)C)CC[C@@]2(C)C(=O)CC[C@@]12O. The minimum absolute atomic E-state index is 0.0247. The second-order valence-electron chi connectivity index (χ2n) is 10.1. The van der Waals surface area contributed by atoms with Gasteiger partial charge in [0.05, 0.1) is 16.9 Å². The molecule has 0 bridgehead atoms. The van der Waals surface area contributed by atoms with Crippen LogP contribution in [0.2, 0.25) is 16.6 Å². The Balaban J connectivity index is 2.50. The Morgan fingerprint density at radius 3 is 2.07 bits per heavy atom. The summed E-state index contributed by atoms with van der Waals surface area (Å²) in [4.78, 5) is 25.1. The minimum atomic E-state index is -1.89. The molecule has 3 nitrogen and oxygen atoms in total. The molecule has 0 spiro atoms. The number of rotatable bonds is 4. The van der Waals surface area contributed by atoms with Crippen molar-refractivity contribution in [1.82, 2.24) is 0 Å². The summed E-state index contributed by atoms with van der Waals surface area (Å²) in [5, 5.41) is 11.5. The Morgan fingerprint density at radius 2 is 1.63 bits per heavy atom. The van der Waals surface area contributed by atoms with Gasteiger partial charge in [-0.15, -0.1) is 11.5 Å². The molecule has 0 aliphatic heterocycles. The number of fused-ring (bicyclic) bond motifs is 1. The van der Waals surface area contributed by atoms with Gasteiger partial charge in [0.15, 0.2) is 0 Å². The van der Waals surface area contributed by atoms with Crippen molar-refractivity contribution in [2.45, 2.75) is 103 Å². The van der Waals surface area contributed by atoms with E-state index in [-0.39, 0.29) is 17.5 Å². The fraction of sp³-hybridized carbons (Fsp3) is 0.826. The van der Waals surface area contributed by atoms with Crippen molar-refractivity contribution in [2.75, 3.05) is 0 Å². The van der Waals surface area contributed by atoms with E-state index in [1.807, 2.05) is 6.92 Å². The van der Waals surface area contributed by atoms with E-state index >= 15 is 0 Å². The van der Waals surface area contributed by atoms with Crippen molar-refractivity contribution in [3.63, 3.8) is 0 Å². The molecule has 27 heavy (non-hydrogen) atoms. The zero-order valence-corrected chi connectivity index (χ0v) is 19.5. The monoisotopic (exact) mass is 390 g/mol. The molecule has 0 aromatic rings. The maximum atomic E-state index is 12.6. The van der Waals surface area contributed by atoms with Gasteiger partial charge in [-0.05, 0) is 49.7 Å². The fourth-order valence-electron chi connectivity index (χ4n) is 6.32. The number of ketones is 2. The van der Waals surface area contributed by atoms with Crippen LogP contribution in [0.3, 0.4) is 0 Å². The summed E-state index contributed by atoms with van der Waals surface area (Å²) in [5.41, 5.74) is 3.33. The first kappa shape index (κ1) is 22.4.